The fraction of sp³-hybridized carbons (Fsp3) is 1.00. The van der Waals surface area contributed by atoms with Crippen molar-refractivity contribution in [2.24, 2.45) is 5.41 Å². The highest BCUT2D eigenvalue weighted by Crippen LogP contribution is 2.49. The van der Waals surface area contributed by atoms with Crippen LogP contribution in [0.25, 0.3) is 0 Å². The van der Waals surface area contributed by atoms with Gasteiger partial charge in [0.05, 0.1) is 0 Å². The summed E-state index contributed by atoms with van der Waals surface area (Å²) in [7, 11) is 0. The first-order chi connectivity index (χ1) is 9.12. The summed E-state index contributed by atoms with van der Waals surface area (Å²) in [6.45, 7) is 16.2. The molecule has 3 rings (SSSR count). The van der Waals surface area contributed by atoms with Crippen molar-refractivity contribution in [3.63, 3.8) is 0 Å². The summed E-state index contributed by atoms with van der Waals surface area (Å²) in [5, 5.41) is 0. The predicted molar refractivity (Wildman–Crippen MR) is 80.5 cm³/mol. The molecule has 0 radical (unpaired) electrons. The molecule has 0 N–H and O–H groups in total. The molecule has 2 aliphatic heterocycles. The number of hydrogen-bond donors (Lipinski definition) is 0. The minimum Gasteiger partial charge on any atom is -0.300 e. The summed E-state index contributed by atoms with van der Waals surface area (Å²) in [5.74, 6) is 0. The second kappa shape index (κ2) is 5.34. The monoisotopic (exact) mass is 265 g/mol. The molecule has 3 fully saturated rings. The molecule has 2 heterocycles. The van der Waals surface area contributed by atoms with Crippen LogP contribution in [-0.4, -0.2) is 72.6 Å². The molecule has 0 aromatic carbocycles. The van der Waals surface area contributed by atoms with Crippen molar-refractivity contribution in [3.8, 4) is 0 Å². The Hall–Kier alpha value is -0.120. The van der Waals surface area contributed by atoms with Gasteiger partial charge in [-0.2, -0.15) is 0 Å². The average Bonchev–Trinajstić information content (AvgIpc) is 3.14. The van der Waals surface area contributed by atoms with E-state index in [9.17, 15) is 0 Å². The van der Waals surface area contributed by atoms with Crippen molar-refractivity contribution in [1.82, 2.24) is 14.7 Å². The number of hydrogen-bond acceptors (Lipinski definition) is 3. The molecule has 1 aliphatic carbocycles. The SMILES string of the molecule is CCC1(CN2CC(N3CCN(C(C)C)CC3)C2)CC1. The maximum atomic E-state index is 2.74. The summed E-state index contributed by atoms with van der Waals surface area (Å²) in [6, 6.07) is 1.58. The Labute approximate surface area is 118 Å². The molecule has 0 bridgehead atoms. The maximum absolute atomic E-state index is 2.74. The van der Waals surface area contributed by atoms with Gasteiger partial charge in [-0.05, 0) is 38.5 Å². The topological polar surface area (TPSA) is 9.72 Å². The molecule has 0 aromatic heterocycles. The molecule has 0 aromatic rings. The van der Waals surface area contributed by atoms with Crippen LogP contribution in [0.2, 0.25) is 0 Å². The summed E-state index contributed by atoms with van der Waals surface area (Å²) < 4.78 is 0. The number of nitrogens with zero attached hydrogens (tertiary/aromatic N) is 3. The Kier molecular flexibility index (Phi) is 3.89. The fourth-order valence-electron chi connectivity index (χ4n) is 3.80. The zero-order valence-electron chi connectivity index (χ0n) is 13.1. The van der Waals surface area contributed by atoms with Gasteiger partial charge in [0.2, 0.25) is 0 Å². The van der Waals surface area contributed by atoms with E-state index in [0.29, 0.717) is 0 Å². The molecule has 3 heteroatoms. The second-order valence-corrected chi connectivity index (χ2v) is 7.37. The van der Waals surface area contributed by atoms with Gasteiger partial charge in [-0.25, -0.2) is 0 Å². The largest absolute Gasteiger partial charge is 0.300 e. The van der Waals surface area contributed by atoms with Gasteiger partial charge in [-0.15, -0.1) is 0 Å². The first kappa shape index (κ1) is 13.8. The normalized spacial score (nSPS) is 29.7. The highest BCUT2D eigenvalue weighted by molar-refractivity contribution is 4.99. The summed E-state index contributed by atoms with van der Waals surface area (Å²) in [5.41, 5.74) is 0.737. The lowest BCUT2D eigenvalue weighted by Gasteiger charge is -2.49. The number of likely N-dealkylation sites (tertiary alicyclic amines) is 1. The summed E-state index contributed by atoms with van der Waals surface area (Å²) >= 11 is 0. The first-order valence-electron chi connectivity index (χ1n) is 8.32. The lowest BCUT2D eigenvalue weighted by atomic mass is 9.98. The van der Waals surface area contributed by atoms with Gasteiger partial charge in [0.1, 0.15) is 0 Å². The first-order valence-corrected chi connectivity index (χ1v) is 8.32. The zero-order valence-corrected chi connectivity index (χ0v) is 13.1. The van der Waals surface area contributed by atoms with Crippen molar-refractivity contribution in [2.45, 2.75) is 52.1 Å². The van der Waals surface area contributed by atoms with E-state index in [-0.39, 0.29) is 0 Å². The average molecular weight is 265 g/mol. The van der Waals surface area contributed by atoms with E-state index in [2.05, 4.69) is 35.5 Å². The minimum atomic E-state index is 0.722. The fourth-order valence-corrected chi connectivity index (χ4v) is 3.80. The van der Waals surface area contributed by atoms with Crippen molar-refractivity contribution in [1.29, 1.82) is 0 Å². The van der Waals surface area contributed by atoms with E-state index in [1.807, 2.05) is 0 Å². The summed E-state index contributed by atoms with van der Waals surface area (Å²) in [4.78, 5) is 8.06. The van der Waals surface area contributed by atoms with Crippen LogP contribution < -0.4 is 0 Å². The molecule has 0 amide bonds. The molecule has 0 unspecified atom stereocenters. The molecular formula is C16H31N3. The van der Waals surface area contributed by atoms with Crippen molar-refractivity contribution >= 4 is 0 Å². The highest BCUT2D eigenvalue weighted by atomic mass is 15.4. The Morgan fingerprint density at radius 2 is 1.68 bits per heavy atom. The van der Waals surface area contributed by atoms with Gasteiger partial charge in [0, 0.05) is 57.9 Å². The lowest BCUT2D eigenvalue weighted by Crippen LogP contribution is -2.64. The number of rotatable bonds is 5. The smallest absolute Gasteiger partial charge is 0.0351 e. The zero-order chi connectivity index (χ0) is 13.5. The van der Waals surface area contributed by atoms with Crippen molar-refractivity contribution in [2.75, 3.05) is 45.8 Å². The third kappa shape index (κ3) is 2.98. The van der Waals surface area contributed by atoms with Gasteiger partial charge >= 0.3 is 0 Å². The van der Waals surface area contributed by atoms with E-state index >= 15 is 0 Å². The highest BCUT2D eigenvalue weighted by Gasteiger charge is 2.45. The van der Waals surface area contributed by atoms with Gasteiger partial charge in [-0.3, -0.25) is 14.7 Å². The Morgan fingerprint density at radius 3 is 2.16 bits per heavy atom. The molecule has 2 saturated heterocycles. The van der Waals surface area contributed by atoms with Crippen LogP contribution in [0.1, 0.15) is 40.0 Å². The van der Waals surface area contributed by atoms with Crippen LogP contribution in [0, 0.1) is 5.41 Å². The number of piperazine rings is 1. The van der Waals surface area contributed by atoms with E-state index in [1.165, 1.54) is 65.1 Å². The van der Waals surface area contributed by atoms with Crippen molar-refractivity contribution < 1.29 is 0 Å². The van der Waals surface area contributed by atoms with Crippen molar-refractivity contribution in [3.05, 3.63) is 0 Å². The van der Waals surface area contributed by atoms with Gasteiger partial charge < -0.3 is 0 Å². The van der Waals surface area contributed by atoms with E-state index in [0.717, 1.165) is 17.5 Å². The van der Waals surface area contributed by atoms with Crippen LogP contribution in [0.5, 0.6) is 0 Å². The van der Waals surface area contributed by atoms with Gasteiger partial charge in [0.25, 0.3) is 0 Å². The molecule has 1 saturated carbocycles. The molecule has 110 valence electrons. The van der Waals surface area contributed by atoms with Gasteiger partial charge in [-0.1, -0.05) is 6.92 Å². The third-order valence-electron chi connectivity index (χ3n) is 5.80. The molecule has 19 heavy (non-hydrogen) atoms. The Bertz CT molecular complexity index is 297. The standard InChI is InChI=1S/C16H31N3/c1-4-16(5-6-16)13-17-11-15(12-17)19-9-7-18(8-10-19)14(2)3/h14-15H,4-13H2,1-3H3. The quantitative estimate of drug-likeness (QED) is 0.751. The van der Waals surface area contributed by atoms with Crippen LogP contribution in [0.15, 0.2) is 0 Å². The second-order valence-electron chi connectivity index (χ2n) is 7.37. The third-order valence-corrected chi connectivity index (χ3v) is 5.80. The molecule has 0 atom stereocenters. The van der Waals surface area contributed by atoms with Crippen LogP contribution in [0.3, 0.4) is 0 Å². The Morgan fingerprint density at radius 1 is 1.05 bits per heavy atom. The molecule has 0 spiro atoms. The summed E-state index contributed by atoms with van der Waals surface area (Å²) in [6.07, 6.45) is 4.36. The van der Waals surface area contributed by atoms with Gasteiger partial charge in [0.15, 0.2) is 0 Å². The van der Waals surface area contributed by atoms with Crippen LogP contribution in [-0.2, 0) is 0 Å². The van der Waals surface area contributed by atoms with E-state index in [1.54, 1.807) is 0 Å². The molecule has 3 nitrogen and oxygen atoms in total. The minimum absolute atomic E-state index is 0.722. The van der Waals surface area contributed by atoms with Crippen LogP contribution >= 0.6 is 0 Å². The maximum Gasteiger partial charge on any atom is 0.0351 e. The molecule has 3 aliphatic rings. The lowest BCUT2D eigenvalue weighted by molar-refractivity contribution is -0.00904. The molecular weight excluding hydrogens is 234 g/mol. The Balaban J connectivity index is 1.37. The predicted octanol–water partition coefficient (Wildman–Crippen LogP) is 1.89. The van der Waals surface area contributed by atoms with Crippen LogP contribution in [0.4, 0.5) is 0 Å². The van der Waals surface area contributed by atoms with E-state index < -0.39 is 0 Å². The van der Waals surface area contributed by atoms with E-state index in [4.69, 9.17) is 0 Å².